The summed E-state index contributed by atoms with van der Waals surface area (Å²) in [5.74, 6) is -1.91. The summed E-state index contributed by atoms with van der Waals surface area (Å²) in [4.78, 5) is 24.3. The van der Waals surface area contributed by atoms with Crippen LogP contribution in [0.4, 0.5) is 17.4 Å². The number of aromatic nitrogens is 1. The summed E-state index contributed by atoms with van der Waals surface area (Å²) in [5.41, 5.74) is 1.67. The van der Waals surface area contributed by atoms with Crippen LogP contribution in [0.2, 0.25) is 0 Å². The van der Waals surface area contributed by atoms with E-state index in [4.69, 9.17) is 4.89 Å². The maximum absolute atomic E-state index is 13.4. The van der Waals surface area contributed by atoms with Crippen LogP contribution in [0.1, 0.15) is 17.4 Å². The summed E-state index contributed by atoms with van der Waals surface area (Å²) in [5, 5.41) is 1.62. The van der Waals surface area contributed by atoms with Gasteiger partial charge in [0.1, 0.15) is 22.6 Å². The van der Waals surface area contributed by atoms with Crippen molar-refractivity contribution in [2.45, 2.75) is 25.0 Å². The van der Waals surface area contributed by atoms with Gasteiger partial charge in [-0.15, -0.1) is 4.20 Å². The summed E-state index contributed by atoms with van der Waals surface area (Å²) >= 11 is 0. The second-order valence-electron chi connectivity index (χ2n) is 7.09. The zero-order valence-corrected chi connectivity index (χ0v) is 18.9. The summed E-state index contributed by atoms with van der Waals surface area (Å²) in [6.45, 7) is -1.48. The van der Waals surface area contributed by atoms with E-state index in [0.717, 1.165) is 6.26 Å². The molecule has 0 bridgehead atoms. The molecule has 0 fully saturated rings. The molecule has 0 radical (unpaired) electrons. The third kappa shape index (κ3) is 8.84. The maximum Gasteiger partial charge on any atom is 0.511 e. The number of aryl methyl sites for hydroxylation is 1. The Balaban J connectivity index is 2.25. The van der Waals surface area contributed by atoms with Crippen molar-refractivity contribution in [1.82, 2.24) is 10.3 Å². The molecule has 33 heavy (non-hydrogen) atoms. The third-order valence-corrected chi connectivity index (χ3v) is 5.86. The minimum atomic E-state index is -5.67. The van der Waals surface area contributed by atoms with Gasteiger partial charge >= 0.3 is 14.3 Å². The highest BCUT2D eigenvalue weighted by atomic mass is 32.2. The van der Waals surface area contributed by atoms with Crippen molar-refractivity contribution < 1.29 is 44.6 Å². The smallest absolute Gasteiger partial charge is 0.343 e. The number of hydrogen-bond acceptors (Lipinski definition) is 6. The second-order valence-corrected chi connectivity index (χ2v) is 10.5. The first kappa shape index (κ1) is 26.9. The number of sulfone groups is 1. The molecule has 1 unspecified atom stereocenters. The maximum atomic E-state index is 13.4. The van der Waals surface area contributed by atoms with Crippen LogP contribution in [0.15, 0.2) is 42.6 Å². The number of nitrogens with zero attached hydrogens (tertiary/aromatic N) is 1. The quantitative estimate of drug-likeness (QED) is 0.350. The van der Waals surface area contributed by atoms with Gasteiger partial charge in [0.25, 0.3) is 5.91 Å². The molecule has 0 aliphatic rings. The van der Waals surface area contributed by atoms with Gasteiger partial charge in [-0.05, 0) is 17.2 Å². The Kier molecular flexibility index (Phi) is 9.12. The Morgan fingerprint density at radius 1 is 1.18 bits per heavy atom. The SMILES string of the molecule is CS(=O)(=O)CCc1ccc(-c2ccc([C@@H](OP(=O)(O)F)[C@@H](CF)NC(=O)C(F)F)cc2)cn1. The highest BCUT2D eigenvalue weighted by Gasteiger charge is 2.34. The Morgan fingerprint density at radius 2 is 1.79 bits per heavy atom. The number of rotatable bonds is 11. The van der Waals surface area contributed by atoms with E-state index in [9.17, 15) is 35.1 Å². The summed E-state index contributed by atoms with van der Waals surface area (Å²) < 4.78 is 89.7. The van der Waals surface area contributed by atoms with Crippen LogP contribution in [-0.4, -0.2) is 55.4 Å². The number of pyridine rings is 1. The summed E-state index contributed by atoms with van der Waals surface area (Å²) in [6.07, 6.45) is -2.52. The lowest BCUT2D eigenvalue weighted by atomic mass is 9.99. The second kappa shape index (κ2) is 11.2. The molecule has 1 amide bonds. The minimum Gasteiger partial charge on any atom is -0.343 e. The van der Waals surface area contributed by atoms with Crippen molar-refractivity contribution >= 4 is 23.7 Å². The first-order chi connectivity index (χ1) is 15.3. The molecule has 182 valence electrons. The van der Waals surface area contributed by atoms with Crippen LogP contribution >= 0.6 is 7.91 Å². The molecule has 14 heteroatoms. The molecule has 0 aliphatic heterocycles. The largest absolute Gasteiger partial charge is 0.511 e. The van der Waals surface area contributed by atoms with E-state index in [2.05, 4.69) is 9.51 Å². The number of benzene rings is 1. The lowest BCUT2D eigenvalue weighted by Crippen LogP contribution is -2.44. The van der Waals surface area contributed by atoms with E-state index >= 15 is 0 Å². The van der Waals surface area contributed by atoms with Crippen molar-refractivity contribution in [2.24, 2.45) is 0 Å². The van der Waals surface area contributed by atoms with Crippen molar-refractivity contribution in [2.75, 3.05) is 18.7 Å². The molecule has 1 heterocycles. The highest BCUT2D eigenvalue weighted by Crippen LogP contribution is 2.49. The zero-order valence-electron chi connectivity index (χ0n) is 17.2. The molecule has 8 nitrogen and oxygen atoms in total. The summed E-state index contributed by atoms with van der Waals surface area (Å²) in [7, 11) is -8.82. The van der Waals surface area contributed by atoms with Gasteiger partial charge in [0.05, 0.1) is 11.8 Å². The molecule has 0 saturated heterocycles. The molecule has 0 spiro atoms. The molecule has 3 atom stereocenters. The molecule has 2 rings (SSSR count). The first-order valence-corrected chi connectivity index (χ1v) is 12.9. The van der Waals surface area contributed by atoms with E-state index < -0.39 is 48.9 Å². The number of carbonyl (C=O) groups is 1. The van der Waals surface area contributed by atoms with Crippen molar-refractivity contribution in [3.63, 3.8) is 0 Å². The topological polar surface area (TPSA) is 123 Å². The molecule has 2 aromatic rings. The van der Waals surface area contributed by atoms with E-state index in [0.29, 0.717) is 16.8 Å². The molecule has 1 aromatic heterocycles. The third-order valence-electron chi connectivity index (χ3n) is 4.43. The number of amides is 1. The Bertz CT molecular complexity index is 1090. The number of nitrogens with one attached hydrogen (secondary N) is 1. The van der Waals surface area contributed by atoms with E-state index in [1.807, 2.05) is 0 Å². The molecule has 2 N–H and O–H groups in total. The first-order valence-electron chi connectivity index (χ1n) is 9.37. The van der Waals surface area contributed by atoms with Gasteiger partial charge in [-0.3, -0.25) is 19.2 Å². The highest BCUT2D eigenvalue weighted by molar-refractivity contribution is 7.90. The van der Waals surface area contributed by atoms with Crippen LogP contribution in [0.3, 0.4) is 0 Å². The van der Waals surface area contributed by atoms with Gasteiger partial charge in [-0.2, -0.15) is 8.78 Å². The fraction of sp³-hybridized carbons (Fsp3) is 0.368. The van der Waals surface area contributed by atoms with Crippen molar-refractivity contribution in [3.05, 3.63) is 53.9 Å². The lowest BCUT2D eigenvalue weighted by molar-refractivity contribution is -0.133. The molecule has 0 saturated carbocycles. The number of carbonyl (C=O) groups excluding carboxylic acids is 1. The number of halogens is 4. The molecular weight excluding hydrogens is 491 g/mol. The molecule has 1 aromatic carbocycles. The van der Waals surface area contributed by atoms with Gasteiger partial charge in [-0.1, -0.05) is 30.3 Å². The Morgan fingerprint density at radius 3 is 2.24 bits per heavy atom. The van der Waals surface area contributed by atoms with Gasteiger partial charge in [-0.25, -0.2) is 17.4 Å². The lowest BCUT2D eigenvalue weighted by Gasteiger charge is -2.26. The van der Waals surface area contributed by atoms with Crippen LogP contribution in [0.25, 0.3) is 11.1 Å². The van der Waals surface area contributed by atoms with Crippen LogP contribution in [-0.2, 0) is 30.1 Å². The average Bonchev–Trinajstić information content (AvgIpc) is 2.73. The standard InChI is InChI=1S/C19H21F4N2O6PS/c1-33(29,30)9-8-15-7-6-14(11-24-15)12-2-4-13(5-3-12)17(31-32(23,27)28)16(10-20)25-19(26)18(21)22/h2-7,11,16-18H,8-10H2,1H3,(H,25,26)(H,27,28)/t16-,17-/m1/s1. The van der Waals surface area contributed by atoms with Gasteiger partial charge in [0.2, 0.25) is 0 Å². The van der Waals surface area contributed by atoms with E-state index in [1.165, 1.54) is 30.5 Å². The van der Waals surface area contributed by atoms with Gasteiger partial charge in [0.15, 0.2) is 0 Å². The predicted octanol–water partition coefficient (Wildman–Crippen LogP) is 3.18. The number of hydrogen-bond donors (Lipinski definition) is 2. The van der Waals surface area contributed by atoms with Crippen molar-refractivity contribution in [3.8, 4) is 11.1 Å². The van der Waals surface area contributed by atoms with Crippen LogP contribution in [0, 0.1) is 0 Å². The normalized spacial score (nSPS) is 15.6. The van der Waals surface area contributed by atoms with Crippen LogP contribution in [0.5, 0.6) is 0 Å². The van der Waals surface area contributed by atoms with E-state index in [1.54, 1.807) is 17.4 Å². The fourth-order valence-corrected chi connectivity index (χ4v) is 3.97. The van der Waals surface area contributed by atoms with Crippen LogP contribution < -0.4 is 5.32 Å². The van der Waals surface area contributed by atoms with Crippen molar-refractivity contribution in [1.29, 1.82) is 0 Å². The fourth-order valence-electron chi connectivity index (χ4n) is 2.85. The molecular formula is C19H21F4N2O6PS. The average molecular weight is 512 g/mol. The Labute approximate surface area is 187 Å². The minimum absolute atomic E-state index is 0.0550. The van der Waals surface area contributed by atoms with Gasteiger partial charge in [0, 0.05) is 30.1 Å². The summed E-state index contributed by atoms with van der Waals surface area (Å²) in [6, 6.07) is 6.93. The zero-order chi connectivity index (χ0) is 24.8. The van der Waals surface area contributed by atoms with E-state index in [-0.39, 0.29) is 17.7 Å². The predicted molar refractivity (Wildman–Crippen MR) is 112 cm³/mol. The van der Waals surface area contributed by atoms with Gasteiger partial charge < -0.3 is 5.32 Å². The number of alkyl halides is 3. The monoisotopic (exact) mass is 512 g/mol. The molecule has 0 aliphatic carbocycles. The Hall–Kier alpha value is -2.34.